The zero-order valence-electron chi connectivity index (χ0n) is 10.9. The molecule has 0 saturated carbocycles. The molecule has 1 aliphatic rings. The van der Waals surface area contributed by atoms with Crippen molar-refractivity contribution in [3.05, 3.63) is 24.3 Å². The third-order valence-electron chi connectivity index (χ3n) is 3.25. The number of aliphatic hydroxyl groups is 3. The molecule has 0 aromatic heterocycles. The van der Waals surface area contributed by atoms with Gasteiger partial charge in [-0.1, -0.05) is 0 Å². The number of nitrogens with one attached hydrogen (secondary N) is 1. The SMILES string of the molecule is COc1ccc(N[C@@H]2O[C@H](C)[C@@H](O)[C@H](O)[C@@H]2O)cc1. The van der Waals surface area contributed by atoms with Crippen LogP contribution in [0.1, 0.15) is 6.92 Å². The molecule has 106 valence electrons. The van der Waals surface area contributed by atoms with Crippen molar-refractivity contribution in [3.63, 3.8) is 0 Å². The third kappa shape index (κ3) is 2.98. The highest BCUT2D eigenvalue weighted by molar-refractivity contribution is 5.47. The number of hydrogen-bond donors (Lipinski definition) is 4. The lowest BCUT2D eigenvalue weighted by Gasteiger charge is -2.39. The van der Waals surface area contributed by atoms with Crippen LogP contribution in [-0.2, 0) is 4.74 Å². The maximum Gasteiger partial charge on any atom is 0.157 e. The van der Waals surface area contributed by atoms with Gasteiger partial charge in [-0.2, -0.15) is 0 Å². The first kappa shape index (κ1) is 14.1. The molecule has 1 saturated heterocycles. The van der Waals surface area contributed by atoms with Gasteiger partial charge in [-0.05, 0) is 31.2 Å². The molecule has 6 heteroatoms. The van der Waals surface area contributed by atoms with Crippen LogP contribution in [0.4, 0.5) is 5.69 Å². The topological polar surface area (TPSA) is 91.2 Å². The van der Waals surface area contributed by atoms with Gasteiger partial charge in [0.05, 0.1) is 13.2 Å². The lowest BCUT2D eigenvalue weighted by molar-refractivity contribution is -0.209. The highest BCUT2D eigenvalue weighted by atomic mass is 16.5. The first-order valence-corrected chi connectivity index (χ1v) is 6.13. The van der Waals surface area contributed by atoms with E-state index in [9.17, 15) is 15.3 Å². The summed E-state index contributed by atoms with van der Waals surface area (Å²) in [4.78, 5) is 0. The highest BCUT2D eigenvalue weighted by Gasteiger charge is 2.41. The van der Waals surface area contributed by atoms with E-state index < -0.39 is 30.6 Å². The fraction of sp³-hybridized carbons (Fsp3) is 0.538. The molecule has 4 N–H and O–H groups in total. The van der Waals surface area contributed by atoms with Crippen LogP contribution in [0.25, 0.3) is 0 Å². The van der Waals surface area contributed by atoms with E-state index in [1.54, 1.807) is 38.3 Å². The molecule has 6 nitrogen and oxygen atoms in total. The van der Waals surface area contributed by atoms with Crippen LogP contribution in [0.15, 0.2) is 24.3 Å². The van der Waals surface area contributed by atoms with Gasteiger partial charge in [-0.3, -0.25) is 0 Å². The van der Waals surface area contributed by atoms with Crippen LogP contribution >= 0.6 is 0 Å². The second-order valence-electron chi connectivity index (χ2n) is 4.61. The summed E-state index contributed by atoms with van der Waals surface area (Å²) >= 11 is 0. The predicted octanol–water partition coefficient (Wildman–Crippen LogP) is -0.0654. The number of hydrogen-bond acceptors (Lipinski definition) is 6. The zero-order chi connectivity index (χ0) is 14.0. The Morgan fingerprint density at radius 2 is 1.68 bits per heavy atom. The van der Waals surface area contributed by atoms with E-state index in [1.807, 2.05) is 0 Å². The molecule has 1 aromatic carbocycles. The molecule has 1 heterocycles. The molecular weight excluding hydrogens is 250 g/mol. The van der Waals surface area contributed by atoms with Gasteiger partial charge in [0.1, 0.15) is 24.1 Å². The van der Waals surface area contributed by atoms with E-state index in [0.717, 1.165) is 11.4 Å². The molecule has 0 radical (unpaired) electrons. The van der Waals surface area contributed by atoms with Gasteiger partial charge in [0, 0.05) is 5.69 Å². The van der Waals surface area contributed by atoms with Crippen molar-refractivity contribution in [1.82, 2.24) is 0 Å². The molecule has 1 fully saturated rings. The van der Waals surface area contributed by atoms with Crippen molar-refractivity contribution in [2.24, 2.45) is 0 Å². The van der Waals surface area contributed by atoms with E-state index >= 15 is 0 Å². The van der Waals surface area contributed by atoms with Crippen molar-refractivity contribution in [1.29, 1.82) is 0 Å². The van der Waals surface area contributed by atoms with Gasteiger partial charge < -0.3 is 30.1 Å². The summed E-state index contributed by atoms with van der Waals surface area (Å²) in [5, 5.41) is 32.1. The Hall–Kier alpha value is -1.34. The smallest absolute Gasteiger partial charge is 0.157 e. The molecule has 5 atom stereocenters. The summed E-state index contributed by atoms with van der Waals surface area (Å²) in [6, 6.07) is 7.09. The van der Waals surface area contributed by atoms with Gasteiger partial charge in [0.15, 0.2) is 6.23 Å². The van der Waals surface area contributed by atoms with Crippen molar-refractivity contribution >= 4 is 5.69 Å². The Morgan fingerprint density at radius 1 is 1.05 bits per heavy atom. The van der Waals surface area contributed by atoms with Crippen LogP contribution in [0.3, 0.4) is 0 Å². The minimum absolute atomic E-state index is 0.561. The average molecular weight is 269 g/mol. The van der Waals surface area contributed by atoms with Crippen molar-refractivity contribution < 1.29 is 24.8 Å². The second-order valence-corrected chi connectivity index (χ2v) is 4.61. The normalized spacial score (nSPS) is 34.9. The first-order valence-electron chi connectivity index (χ1n) is 6.13. The Balaban J connectivity index is 2.05. The van der Waals surface area contributed by atoms with Crippen LogP contribution in [0.5, 0.6) is 5.75 Å². The quantitative estimate of drug-likeness (QED) is 0.614. The summed E-state index contributed by atoms with van der Waals surface area (Å²) < 4.78 is 10.5. The minimum atomic E-state index is -1.24. The summed E-state index contributed by atoms with van der Waals surface area (Å²) in [7, 11) is 1.58. The maximum absolute atomic E-state index is 9.87. The van der Waals surface area contributed by atoms with Crippen molar-refractivity contribution in [2.45, 2.75) is 37.6 Å². The van der Waals surface area contributed by atoms with Crippen molar-refractivity contribution in [3.8, 4) is 5.75 Å². The number of anilines is 1. The van der Waals surface area contributed by atoms with E-state index in [-0.39, 0.29) is 0 Å². The molecule has 2 rings (SSSR count). The Bertz CT molecular complexity index is 410. The van der Waals surface area contributed by atoms with Crippen LogP contribution in [0.2, 0.25) is 0 Å². The number of aliphatic hydroxyl groups excluding tert-OH is 3. The molecule has 0 amide bonds. The first-order chi connectivity index (χ1) is 9.02. The molecule has 0 bridgehead atoms. The molecular formula is C13H19NO5. The summed E-state index contributed by atoms with van der Waals surface area (Å²) in [6.45, 7) is 1.64. The Kier molecular flexibility index (Phi) is 4.26. The third-order valence-corrected chi connectivity index (χ3v) is 3.25. The average Bonchev–Trinajstić information content (AvgIpc) is 2.43. The Morgan fingerprint density at radius 3 is 2.26 bits per heavy atom. The molecule has 19 heavy (non-hydrogen) atoms. The zero-order valence-corrected chi connectivity index (χ0v) is 10.9. The number of rotatable bonds is 3. The van der Waals surface area contributed by atoms with E-state index in [4.69, 9.17) is 9.47 Å². The maximum atomic E-state index is 9.87. The van der Waals surface area contributed by atoms with Crippen molar-refractivity contribution in [2.75, 3.05) is 12.4 Å². The molecule has 1 aromatic rings. The molecule has 0 unspecified atom stereocenters. The summed E-state index contributed by atoms with van der Waals surface area (Å²) in [5.41, 5.74) is 0.723. The number of benzene rings is 1. The van der Waals surface area contributed by atoms with Gasteiger partial charge in [-0.25, -0.2) is 0 Å². The summed E-state index contributed by atoms with van der Waals surface area (Å²) in [6.07, 6.45) is -4.87. The van der Waals surface area contributed by atoms with Gasteiger partial charge in [0.2, 0.25) is 0 Å². The van der Waals surface area contributed by atoms with Gasteiger partial charge >= 0.3 is 0 Å². The van der Waals surface area contributed by atoms with Gasteiger partial charge in [0.25, 0.3) is 0 Å². The number of ether oxygens (including phenoxy) is 2. The molecule has 1 aliphatic heterocycles. The fourth-order valence-electron chi connectivity index (χ4n) is 2.02. The standard InChI is InChI=1S/C13H19NO5/c1-7-10(15)11(16)12(17)13(19-7)14-8-3-5-9(18-2)6-4-8/h3-7,10-17H,1-2H3/t7-,10-,11+,12+,13-/m1/s1. The molecule has 0 aliphatic carbocycles. The Labute approximate surface area is 111 Å². The number of methoxy groups -OCH3 is 1. The second kappa shape index (κ2) is 5.75. The minimum Gasteiger partial charge on any atom is -0.497 e. The van der Waals surface area contributed by atoms with Gasteiger partial charge in [-0.15, -0.1) is 0 Å². The van der Waals surface area contributed by atoms with Crippen LogP contribution < -0.4 is 10.1 Å². The highest BCUT2D eigenvalue weighted by Crippen LogP contribution is 2.23. The lowest BCUT2D eigenvalue weighted by Crippen LogP contribution is -2.58. The fourth-order valence-corrected chi connectivity index (χ4v) is 2.02. The van der Waals surface area contributed by atoms with E-state index in [0.29, 0.717) is 0 Å². The summed E-state index contributed by atoms with van der Waals surface area (Å²) in [5.74, 6) is 0.722. The molecule has 0 spiro atoms. The predicted molar refractivity (Wildman–Crippen MR) is 69.0 cm³/mol. The van der Waals surface area contributed by atoms with Crippen LogP contribution in [0, 0.1) is 0 Å². The van der Waals surface area contributed by atoms with E-state index in [2.05, 4.69) is 5.32 Å². The van der Waals surface area contributed by atoms with Crippen LogP contribution in [-0.4, -0.2) is 53.1 Å². The van der Waals surface area contributed by atoms with E-state index in [1.165, 1.54) is 0 Å². The largest absolute Gasteiger partial charge is 0.497 e. The monoisotopic (exact) mass is 269 g/mol. The lowest BCUT2D eigenvalue weighted by atomic mass is 9.99.